The van der Waals surface area contributed by atoms with E-state index < -0.39 is 0 Å². The molecule has 162 valence electrons. The summed E-state index contributed by atoms with van der Waals surface area (Å²) in [7, 11) is 1.82. The van der Waals surface area contributed by atoms with E-state index in [2.05, 4.69) is 35.4 Å². The molecule has 2 fully saturated rings. The number of piperazine rings is 1. The average Bonchev–Trinajstić information content (AvgIpc) is 3.05. The lowest BCUT2D eigenvalue weighted by Gasteiger charge is -2.34. The SMILES string of the molecule is CN=C(NCCOC1CCCCCC1)NCCN1CCN(c2ncccn2)CC1. The van der Waals surface area contributed by atoms with Gasteiger partial charge in [-0.05, 0) is 18.9 Å². The molecule has 1 aliphatic heterocycles. The fraction of sp³-hybridized carbons (Fsp3) is 0.762. The molecule has 2 N–H and O–H groups in total. The van der Waals surface area contributed by atoms with E-state index in [0.29, 0.717) is 6.10 Å². The second-order valence-corrected chi connectivity index (χ2v) is 7.79. The molecule has 8 heteroatoms. The maximum atomic E-state index is 6.04. The molecule has 1 aliphatic carbocycles. The van der Waals surface area contributed by atoms with Crippen LogP contribution in [-0.2, 0) is 4.74 Å². The van der Waals surface area contributed by atoms with Crippen molar-refractivity contribution in [1.82, 2.24) is 25.5 Å². The number of guanidine groups is 1. The molecule has 0 unspecified atom stereocenters. The molecule has 2 aliphatic rings. The highest BCUT2D eigenvalue weighted by molar-refractivity contribution is 5.79. The normalized spacial score (nSPS) is 19.8. The molecule has 29 heavy (non-hydrogen) atoms. The van der Waals surface area contributed by atoms with E-state index in [4.69, 9.17) is 4.74 Å². The van der Waals surface area contributed by atoms with Gasteiger partial charge in [-0.25, -0.2) is 9.97 Å². The molecular weight excluding hydrogens is 366 g/mol. The number of hydrogen-bond acceptors (Lipinski definition) is 6. The third-order valence-corrected chi connectivity index (χ3v) is 5.70. The van der Waals surface area contributed by atoms with Gasteiger partial charge in [-0.2, -0.15) is 0 Å². The van der Waals surface area contributed by atoms with Gasteiger partial charge in [-0.3, -0.25) is 9.89 Å². The quantitative estimate of drug-likeness (QED) is 0.295. The van der Waals surface area contributed by atoms with Gasteiger partial charge in [0.2, 0.25) is 5.95 Å². The number of nitrogens with one attached hydrogen (secondary N) is 2. The summed E-state index contributed by atoms with van der Waals surface area (Å²) in [5, 5.41) is 6.77. The van der Waals surface area contributed by atoms with Crippen LogP contribution in [0.3, 0.4) is 0 Å². The van der Waals surface area contributed by atoms with Crippen LogP contribution >= 0.6 is 0 Å². The van der Waals surface area contributed by atoms with Crippen molar-refractivity contribution in [2.45, 2.75) is 44.6 Å². The molecule has 0 bridgehead atoms. The molecule has 1 aromatic rings. The average molecular weight is 404 g/mol. The summed E-state index contributed by atoms with van der Waals surface area (Å²) >= 11 is 0. The molecule has 0 spiro atoms. The second kappa shape index (κ2) is 12.6. The van der Waals surface area contributed by atoms with E-state index in [0.717, 1.165) is 64.3 Å². The minimum atomic E-state index is 0.453. The van der Waals surface area contributed by atoms with Crippen LogP contribution in [0.15, 0.2) is 23.5 Å². The lowest BCUT2D eigenvalue weighted by molar-refractivity contribution is 0.0468. The molecule has 0 aromatic carbocycles. The zero-order valence-corrected chi connectivity index (χ0v) is 17.9. The van der Waals surface area contributed by atoms with Crippen LogP contribution < -0.4 is 15.5 Å². The van der Waals surface area contributed by atoms with Gasteiger partial charge in [0, 0.05) is 65.3 Å². The summed E-state index contributed by atoms with van der Waals surface area (Å²) < 4.78 is 6.04. The summed E-state index contributed by atoms with van der Waals surface area (Å²) in [5.74, 6) is 1.69. The molecule has 0 radical (unpaired) electrons. The van der Waals surface area contributed by atoms with Crippen molar-refractivity contribution in [1.29, 1.82) is 0 Å². The Hall–Kier alpha value is -1.93. The molecule has 1 saturated heterocycles. The first-order valence-electron chi connectivity index (χ1n) is 11.2. The third kappa shape index (κ3) is 7.78. The predicted molar refractivity (Wildman–Crippen MR) is 117 cm³/mol. The first-order chi connectivity index (χ1) is 14.3. The highest BCUT2D eigenvalue weighted by Crippen LogP contribution is 2.19. The zero-order valence-electron chi connectivity index (χ0n) is 17.9. The highest BCUT2D eigenvalue weighted by Gasteiger charge is 2.18. The maximum absolute atomic E-state index is 6.04. The van der Waals surface area contributed by atoms with Crippen LogP contribution in [-0.4, -0.2) is 86.4 Å². The minimum absolute atomic E-state index is 0.453. The Morgan fingerprint density at radius 2 is 1.72 bits per heavy atom. The highest BCUT2D eigenvalue weighted by atomic mass is 16.5. The van der Waals surface area contributed by atoms with Crippen molar-refractivity contribution in [3.05, 3.63) is 18.5 Å². The monoisotopic (exact) mass is 403 g/mol. The third-order valence-electron chi connectivity index (χ3n) is 5.70. The number of anilines is 1. The number of aliphatic imine (C=N–C) groups is 1. The standard InChI is InChI=1S/C21H37N7O/c1-22-20(24-12-18-29-19-7-4-2-3-5-8-19)23-11-13-27-14-16-28(17-15-27)21-25-9-6-10-26-21/h6,9-10,19H,2-5,7-8,11-18H2,1H3,(H2,22,23,24). The number of aromatic nitrogens is 2. The lowest BCUT2D eigenvalue weighted by Crippen LogP contribution is -2.49. The van der Waals surface area contributed by atoms with Crippen LogP contribution in [0.4, 0.5) is 5.95 Å². The summed E-state index contributed by atoms with van der Waals surface area (Å²) in [6.07, 6.45) is 11.9. The number of ether oxygens (including phenoxy) is 1. The zero-order chi connectivity index (χ0) is 20.2. The van der Waals surface area contributed by atoms with Crippen LogP contribution in [0.2, 0.25) is 0 Å². The van der Waals surface area contributed by atoms with Gasteiger partial charge >= 0.3 is 0 Å². The van der Waals surface area contributed by atoms with E-state index in [1.807, 2.05) is 13.1 Å². The summed E-state index contributed by atoms with van der Waals surface area (Å²) in [6.45, 7) is 7.42. The van der Waals surface area contributed by atoms with Gasteiger partial charge in [0.1, 0.15) is 0 Å². The maximum Gasteiger partial charge on any atom is 0.225 e. The van der Waals surface area contributed by atoms with Crippen LogP contribution in [0, 0.1) is 0 Å². The Morgan fingerprint density at radius 3 is 2.41 bits per heavy atom. The van der Waals surface area contributed by atoms with E-state index in [1.54, 1.807) is 12.4 Å². The van der Waals surface area contributed by atoms with Gasteiger partial charge in [-0.15, -0.1) is 0 Å². The van der Waals surface area contributed by atoms with Gasteiger partial charge in [0.05, 0.1) is 12.7 Å². The first-order valence-corrected chi connectivity index (χ1v) is 11.2. The Labute approximate surface area is 175 Å². The number of nitrogens with zero attached hydrogens (tertiary/aromatic N) is 5. The summed E-state index contributed by atoms with van der Waals surface area (Å²) in [5.41, 5.74) is 0. The lowest BCUT2D eigenvalue weighted by atomic mass is 10.1. The number of hydrogen-bond donors (Lipinski definition) is 2. The van der Waals surface area contributed by atoms with Crippen LogP contribution in [0.5, 0.6) is 0 Å². The molecule has 1 saturated carbocycles. The van der Waals surface area contributed by atoms with Crippen LogP contribution in [0.1, 0.15) is 38.5 Å². The number of rotatable bonds is 8. The van der Waals surface area contributed by atoms with Crippen molar-refractivity contribution >= 4 is 11.9 Å². The van der Waals surface area contributed by atoms with E-state index in [1.165, 1.54) is 38.5 Å². The summed E-state index contributed by atoms with van der Waals surface area (Å²) in [6, 6.07) is 1.86. The van der Waals surface area contributed by atoms with Crippen molar-refractivity contribution in [2.24, 2.45) is 4.99 Å². The van der Waals surface area contributed by atoms with Gasteiger partial charge in [-0.1, -0.05) is 25.7 Å². The van der Waals surface area contributed by atoms with E-state index in [9.17, 15) is 0 Å². The van der Waals surface area contributed by atoms with Crippen molar-refractivity contribution in [3.63, 3.8) is 0 Å². The molecule has 0 atom stereocenters. The van der Waals surface area contributed by atoms with Gasteiger partial charge in [0.15, 0.2) is 5.96 Å². The Balaban J connectivity index is 1.24. The van der Waals surface area contributed by atoms with Crippen LogP contribution in [0.25, 0.3) is 0 Å². The fourth-order valence-electron chi connectivity index (χ4n) is 3.98. The predicted octanol–water partition coefficient (Wildman–Crippen LogP) is 1.50. The van der Waals surface area contributed by atoms with Gasteiger partial charge < -0.3 is 20.3 Å². The van der Waals surface area contributed by atoms with E-state index in [-0.39, 0.29) is 0 Å². The second-order valence-electron chi connectivity index (χ2n) is 7.79. The Bertz CT molecular complexity index is 582. The first kappa shape index (κ1) is 21.8. The van der Waals surface area contributed by atoms with Crippen molar-refractivity contribution in [2.75, 3.05) is 64.4 Å². The fourth-order valence-corrected chi connectivity index (χ4v) is 3.98. The van der Waals surface area contributed by atoms with Crippen molar-refractivity contribution < 1.29 is 4.74 Å². The molecular formula is C21H37N7O. The molecule has 0 amide bonds. The Kier molecular flexibility index (Phi) is 9.45. The Morgan fingerprint density at radius 1 is 1.03 bits per heavy atom. The van der Waals surface area contributed by atoms with Crippen molar-refractivity contribution in [3.8, 4) is 0 Å². The topological polar surface area (TPSA) is 77.9 Å². The molecule has 3 rings (SSSR count). The molecule has 8 nitrogen and oxygen atoms in total. The molecule has 2 heterocycles. The summed E-state index contributed by atoms with van der Waals surface area (Å²) in [4.78, 5) is 17.7. The minimum Gasteiger partial charge on any atom is -0.376 e. The van der Waals surface area contributed by atoms with Gasteiger partial charge in [0.25, 0.3) is 0 Å². The smallest absolute Gasteiger partial charge is 0.225 e. The molecule has 1 aromatic heterocycles. The largest absolute Gasteiger partial charge is 0.376 e. The van der Waals surface area contributed by atoms with E-state index >= 15 is 0 Å².